The van der Waals surface area contributed by atoms with Crippen LogP contribution in [0.25, 0.3) is 0 Å². The van der Waals surface area contributed by atoms with Gasteiger partial charge in [0.1, 0.15) is 10.2 Å². The maximum absolute atomic E-state index is 8.86. The highest BCUT2D eigenvalue weighted by molar-refractivity contribution is 6.55. The Morgan fingerprint density at radius 3 is 2.44 bits per heavy atom. The van der Waals surface area contributed by atoms with Crippen LogP contribution in [0.3, 0.4) is 0 Å². The van der Waals surface area contributed by atoms with Crippen LogP contribution in [-0.4, -0.2) is 18.0 Å². The fourth-order valence-electron chi connectivity index (χ4n) is 1.17. The number of hydrogen-bond donors (Lipinski definition) is 1. The molecule has 0 amide bonds. The van der Waals surface area contributed by atoms with Crippen LogP contribution in [0.15, 0.2) is 40.0 Å². The molecular formula is C11H11Cl2NO2. The third-order valence-electron chi connectivity index (χ3n) is 1.99. The molecule has 1 rings (SSSR count). The molecule has 0 heterocycles. The SMILES string of the molecule is COc1ccc(/C(CC=C(Cl)Cl)=N\O)cc1. The van der Waals surface area contributed by atoms with Crippen LogP contribution in [0.2, 0.25) is 0 Å². The van der Waals surface area contributed by atoms with Crippen LogP contribution < -0.4 is 4.74 Å². The van der Waals surface area contributed by atoms with Crippen LogP contribution >= 0.6 is 23.2 Å². The third kappa shape index (κ3) is 3.76. The second kappa shape index (κ2) is 6.40. The minimum atomic E-state index is 0.148. The summed E-state index contributed by atoms with van der Waals surface area (Å²) in [6.45, 7) is 0. The van der Waals surface area contributed by atoms with Gasteiger partial charge in [0.15, 0.2) is 0 Å². The van der Waals surface area contributed by atoms with Crippen LogP contribution in [0.1, 0.15) is 12.0 Å². The van der Waals surface area contributed by atoms with Gasteiger partial charge in [-0.15, -0.1) is 0 Å². The van der Waals surface area contributed by atoms with E-state index in [0.29, 0.717) is 12.1 Å². The van der Waals surface area contributed by atoms with E-state index in [1.54, 1.807) is 37.5 Å². The summed E-state index contributed by atoms with van der Waals surface area (Å²) in [5, 5.41) is 12.1. The molecule has 0 aliphatic carbocycles. The molecule has 3 nitrogen and oxygen atoms in total. The summed E-state index contributed by atoms with van der Waals surface area (Å²) < 4.78 is 5.17. The van der Waals surface area contributed by atoms with Gasteiger partial charge in [-0.3, -0.25) is 0 Å². The predicted octanol–water partition coefficient (Wildman–Crippen LogP) is 3.58. The standard InChI is InChI=1S/C11H11Cl2NO2/c1-16-9-4-2-8(3-5-9)10(14-15)6-7-11(12)13/h2-5,7,15H,6H2,1H3/b14-10-. The smallest absolute Gasteiger partial charge is 0.118 e. The highest BCUT2D eigenvalue weighted by atomic mass is 35.5. The first-order chi connectivity index (χ1) is 7.67. The molecule has 0 fully saturated rings. The molecule has 0 atom stereocenters. The molecule has 1 aromatic carbocycles. The summed E-state index contributed by atoms with van der Waals surface area (Å²) in [6, 6.07) is 7.16. The topological polar surface area (TPSA) is 41.8 Å². The fraction of sp³-hybridized carbons (Fsp3) is 0.182. The van der Waals surface area contributed by atoms with Crippen molar-refractivity contribution < 1.29 is 9.94 Å². The van der Waals surface area contributed by atoms with Crippen LogP contribution in [0.5, 0.6) is 5.75 Å². The van der Waals surface area contributed by atoms with Gasteiger partial charge >= 0.3 is 0 Å². The maximum Gasteiger partial charge on any atom is 0.118 e. The van der Waals surface area contributed by atoms with E-state index in [0.717, 1.165) is 11.3 Å². The van der Waals surface area contributed by atoms with Crippen molar-refractivity contribution >= 4 is 28.9 Å². The van der Waals surface area contributed by atoms with Gasteiger partial charge in [0, 0.05) is 6.42 Å². The largest absolute Gasteiger partial charge is 0.497 e. The lowest BCUT2D eigenvalue weighted by Crippen LogP contribution is -1.99. The number of rotatable bonds is 4. The first-order valence-corrected chi connectivity index (χ1v) is 5.29. The van der Waals surface area contributed by atoms with Crippen LogP contribution in [0, 0.1) is 0 Å². The van der Waals surface area contributed by atoms with E-state index in [1.165, 1.54) is 0 Å². The van der Waals surface area contributed by atoms with Gasteiger partial charge in [-0.05, 0) is 35.9 Å². The fourth-order valence-corrected chi connectivity index (χ4v) is 1.33. The molecule has 0 bridgehead atoms. The summed E-state index contributed by atoms with van der Waals surface area (Å²) >= 11 is 11.0. The summed E-state index contributed by atoms with van der Waals surface area (Å²) in [5.74, 6) is 0.743. The van der Waals surface area contributed by atoms with Gasteiger partial charge in [0.2, 0.25) is 0 Å². The average molecular weight is 260 g/mol. The Morgan fingerprint density at radius 1 is 1.38 bits per heavy atom. The Balaban J connectivity index is 2.84. The Morgan fingerprint density at radius 2 is 2.00 bits per heavy atom. The molecule has 1 aromatic rings. The third-order valence-corrected chi connectivity index (χ3v) is 2.30. The number of ether oxygens (including phenoxy) is 1. The van der Waals surface area contributed by atoms with Crippen molar-refractivity contribution in [3.63, 3.8) is 0 Å². The van der Waals surface area contributed by atoms with Crippen LogP contribution in [-0.2, 0) is 0 Å². The van der Waals surface area contributed by atoms with E-state index in [2.05, 4.69) is 5.16 Å². The number of hydrogen-bond acceptors (Lipinski definition) is 3. The molecule has 0 aliphatic rings. The number of halogens is 2. The summed E-state index contributed by atoms with van der Waals surface area (Å²) in [4.78, 5) is 0. The summed E-state index contributed by atoms with van der Waals surface area (Å²) in [7, 11) is 1.59. The lowest BCUT2D eigenvalue weighted by Gasteiger charge is -2.03. The average Bonchev–Trinajstić information content (AvgIpc) is 2.30. The van der Waals surface area contributed by atoms with Crippen molar-refractivity contribution in [2.24, 2.45) is 5.16 Å². The first-order valence-electron chi connectivity index (χ1n) is 4.54. The minimum Gasteiger partial charge on any atom is -0.497 e. The normalized spacial score (nSPS) is 11.1. The second-order valence-electron chi connectivity index (χ2n) is 2.97. The van der Waals surface area contributed by atoms with Gasteiger partial charge in [0.25, 0.3) is 0 Å². The van der Waals surface area contributed by atoms with Gasteiger partial charge < -0.3 is 9.94 Å². The zero-order chi connectivity index (χ0) is 12.0. The van der Waals surface area contributed by atoms with Gasteiger partial charge in [-0.2, -0.15) is 0 Å². The Kier molecular flexibility index (Phi) is 5.15. The molecule has 0 saturated carbocycles. The molecule has 0 aromatic heterocycles. The van der Waals surface area contributed by atoms with E-state index >= 15 is 0 Å². The van der Waals surface area contributed by atoms with E-state index in [1.807, 2.05) is 0 Å². The molecule has 5 heteroatoms. The molecule has 0 spiro atoms. The Labute approximate surface area is 104 Å². The lowest BCUT2D eigenvalue weighted by atomic mass is 10.1. The molecule has 16 heavy (non-hydrogen) atoms. The monoisotopic (exact) mass is 259 g/mol. The zero-order valence-electron chi connectivity index (χ0n) is 8.65. The summed E-state index contributed by atoms with van der Waals surface area (Å²) in [6.07, 6.45) is 1.92. The summed E-state index contributed by atoms with van der Waals surface area (Å²) in [5.41, 5.74) is 1.27. The molecule has 0 radical (unpaired) electrons. The van der Waals surface area contributed by atoms with Crippen molar-refractivity contribution in [2.75, 3.05) is 7.11 Å². The van der Waals surface area contributed by atoms with Crippen molar-refractivity contribution in [1.82, 2.24) is 0 Å². The number of allylic oxidation sites excluding steroid dienone is 1. The van der Waals surface area contributed by atoms with Crippen molar-refractivity contribution in [3.8, 4) is 5.75 Å². The highest BCUT2D eigenvalue weighted by Gasteiger charge is 2.03. The Bertz CT molecular complexity index is 395. The van der Waals surface area contributed by atoms with Gasteiger partial charge in [0.05, 0.1) is 12.8 Å². The van der Waals surface area contributed by atoms with Gasteiger partial charge in [-0.25, -0.2) is 0 Å². The predicted molar refractivity (Wildman–Crippen MR) is 65.7 cm³/mol. The number of benzene rings is 1. The van der Waals surface area contributed by atoms with E-state index in [4.69, 9.17) is 33.1 Å². The highest BCUT2D eigenvalue weighted by Crippen LogP contribution is 2.15. The quantitative estimate of drug-likeness (QED) is 0.510. The molecule has 0 aliphatic heterocycles. The first kappa shape index (κ1) is 12.9. The molecule has 86 valence electrons. The number of nitrogens with zero attached hydrogens (tertiary/aromatic N) is 1. The zero-order valence-corrected chi connectivity index (χ0v) is 10.2. The Hall–Kier alpha value is -1.19. The van der Waals surface area contributed by atoms with Gasteiger partial charge in [-0.1, -0.05) is 28.4 Å². The maximum atomic E-state index is 8.86. The molecule has 0 unspecified atom stereocenters. The lowest BCUT2D eigenvalue weighted by molar-refractivity contribution is 0.318. The molecule has 1 N–H and O–H groups in total. The number of oxime groups is 1. The second-order valence-corrected chi connectivity index (χ2v) is 3.98. The van der Waals surface area contributed by atoms with E-state index < -0.39 is 0 Å². The minimum absolute atomic E-state index is 0.148. The van der Waals surface area contributed by atoms with Crippen molar-refractivity contribution in [2.45, 2.75) is 6.42 Å². The van der Waals surface area contributed by atoms with Crippen molar-refractivity contribution in [3.05, 3.63) is 40.4 Å². The van der Waals surface area contributed by atoms with Crippen molar-refractivity contribution in [1.29, 1.82) is 0 Å². The van der Waals surface area contributed by atoms with Crippen LogP contribution in [0.4, 0.5) is 0 Å². The number of methoxy groups -OCH3 is 1. The van der Waals surface area contributed by atoms with E-state index in [-0.39, 0.29) is 4.49 Å². The molecule has 0 saturated heterocycles. The molecular weight excluding hydrogens is 249 g/mol. The van der Waals surface area contributed by atoms with E-state index in [9.17, 15) is 0 Å².